The van der Waals surface area contributed by atoms with E-state index in [1.165, 1.54) is 30.0 Å². The van der Waals surface area contributed by atoms with Crippen molar-refractivity contribution in [1.82, 2.24) is 10.3 Å². The lowest BCUT2D eigenvalue weighted by atomic mass is 9.64. The lowest BCUT2D eigenvalue weighted by Crippen LogP contribution is -2.54. The van der Waals surface area contributed by atoms with E-state index in [4.69, 9.17) is 4.98 Å². The van der Waals surface area contributed by atoms with Gasteiger partial charge in [-0.1, -0.05) is 41.5 Å². The van der Waals surface area contributed by atoms with Crippen molar-refractivity contribution in [3.8, 4) is 0 Å². The molecule has 0 atom stereocenters. The molecule has 3 heteroatoms. The molecule has 0 saturated heterocycles. The first kappa shape index (κ1) is 16.0. The largest absolute Gasteiger partial charge is 0.305 e. The Kier molecular flexibility index (Phi) is 4.60. The van der Waals surface area contributed by atoms with Gasteiger partial charge in [0.15, 0.2) is 0 Å². The van der Waals surface area contributed by atoms with Gasteiger partial charge in [0.25, 0.3) is 0 Å². The molecule has 1 aliphatic carbocycles. The van der Waals surface area contributed by atoms with Crippen molar-refractivity contribution in [3.63, 3.8) is 0 Å². The number of hydrogen-bond acceptors (Lipinski definition) is 3. The average molecular weight is 295 g/mol. The fourth-order valence-electron chi connectivity index (χ4n) is 2.90. The van der Waals surface area contributed by atoms with Gasteiger partial charge in [-0.15, -0.1) is 11.3 Å². The van der Waals surface area contributed by atoms with E-state index in [9.17, 15) is 0 Å². The minimum absolute atomic E-state index is 0.155. The van der Waals surface area contributed by atoms with Gasteiger partial charge >= 0.3 is 0 Å². The minimum atomic E-state index is 0.155. The molecule has 20 heavy (non-hydrogen) atoms. The summed E-state index contributed by atoms with van der Waals surface area (Å²) in [7, 11) is 0. The first-order valence-corrected chi connectivity index (χ1v) is 8.88. The zero-order valence-electron chi connectivity index (χ0n) is 13.9. The van der Waals surface area contributed by atoms with E-state index in [2.05, 4.69) is 52.2 Å². The van der Waals surface area contributed by atoms with Gasteiger partial charge in [0.05, 0.1) is 11.2 Å². The van der Waals surface area contributed by atoms with Crippen molar-refractivity contribution >= 4 is 11.3 Å². The number of hydrogen-bond donors (Lipinski definition) is 1. The van der Waals surface area contributed by atoms with Crippen molar-refractivity contribution in [2.75, 3.05) is 6.54 Å². The molecule has 1 aliphatic rings. The molecular weight excluding hydrogens is 264 g/mol. The van der Waals surface area contributed by atoms with Crippen LogP contribution in [0.1, 0.15) is 71.5 Å². The van der Waals surface area contributed by atoms with Crippen LogP contribution in [0.5, 0.6) is 0 Å². The zero-order chi connectivity index (χ0) is 15.0. The van der Waals surface area contributed by atoms with Gasteiger partial charge in [0.1, 0.15) is 5.01 Å². The lowest BCUT2D eigenvalue weighted by Gasteiger charge is -2.49. The quantitative estimate of drug-likeness (QED) is 0.851. The number of aromatic nitrogens is 1. The molecule has 0 radical (unpaired) electrons. The monoisotopic (exact) mass is 294 g/mol. The maximum absolute atomic E-state index is 4.98. The molecule has 2 rings (SSSR count). The second-order valence-corrected chi connectivity index (χ2v) is 8.57. The predicted molar refractivity (Wildman–Crippen MR) is 88.3 cm³/mol. The molecule has 0 aliphatic heterocycles. The summed E-state index contributed by atoms with van der Waals surface area (Å²) in [5.41, 5.74) is 1.56. The van der Waals surface area contributed by atoms with Crippen LogP contribution in [0, 0.1) is 11.8 Å². The normalized spacial score (nSPS) is 26.9. The van der Waals surface area contributed by atoms with Crippen molar-refractivity contribution in [2.45, 2.75) is 71.8 Å². The van der Waals surface area contributed by atoms with Crippen LogP contribution in [-0.4, -0.2) is 11.5 Å². The van der Waals surface area contributed by atoms with E-state index in [1.807, 2.05) is 11.3 Å². The Morgan fingerprint density at radius 1 is 1.40 bits per heavy atom. The van der Waals surface area contributed by atoms with Crippen LogP contribution < -0.4 is 5.32 Å². The lowest BCUT2D eigenvalue weighted by molar-refractivity contribution is 0.0676. The smallest absolute Gasteiger partial charge is 0.113 e. The standard InChI is InChI=1S/C17H30N2S/c1-7-8-18-17(9-13(10-17)12(2)3)15-19-14(11-20-15)16(4,5)6/h11-13,18H,7-10H2,1-6H3. The Morgan fingerprint density at radius 2 is 2.05 bits per heavy atom. The Balaban J connectivity index is 2.18. The number of thiazole rings is 1. The van der Waals surface area contributed by atoms with Gasteiger partial charge in [-0.3, -0.25) is 0 Å². The maximum atomic E-state index is 4.98. The van der Waals surface area contributed by atoms with E-state index < -0.39 is 0 Å². The van der Waals surface area contributed by atoms with E-state index in [1.54, 1.807) is 0 Å². The van der Waals surface area contributed by atoms with Crippen molar-refractivity contribution < 1.29 is 0 Å². The Bertz CT molecular complexity index is 436. The van der Waals surface area contributed by atoms with E-state index in [0.29, 0.717) is 0 Å². The van der Waals surface area contributed by atoms with Crippen LogP contribution in [0.3, 0.4) is 0 Å². The predicted octanol–water partition coefficient (Wildman–Crippen LogP) is 4.70. The summed E-state index contributed by atoms with van der Waals surface area (Å²) in [6, 6.07) is 0. The van der Waals surface area contributed by atoms with E-state index in [0.717, 1.165) is 18.4 Å². The summed E-state index contributed by atoms with van der Waals surface area (Å²) in [5.74, 6) is 1.63. The van der Waals surface area contributed by atoms with Crippen molar-refractivity contribution in [3.05, 3.63) is 16.1 Å². The third-order valence-corrected chi connectivity index (χ3v) is 5.61. The molecule has 1 aromatic heterocycles. The molecule has 0 unspecified atom stereocenters. The topological polar surface area (TPSA) is 24.9 Å². The molecule has 1 N–H and O–H groups in total. The van der Waals surface area contributed by atoms with Crippen LogP contribution in [0.25, 0.3) is 0 Å². The highest BCUT2D eigenvalue weighted by molar-refractivity contribution is 7.09. The zero-order valence-corrected chi connectivity index (χ0v) is 14.7. The Labute approximate surface area is 128 Å². The molecule has 114 valence electrons. The highest BCUT2D eigenvalue weighted by Crippen LogP contribution is 2.50. The minimum Gasteiger partial charge on any atom is -0.305 e. The summed E-state index contributed by atoms with van der Waals surface area (Å²) in [6.07, 6.45) is 3.69. The first-order chi connectivity index (χ1) is 9.28. The van der Waals surface area contributed by atoms with Crippen molar-refractivity contribution in [1.29, 1.82) is 0 Å². The fourth-order valence-corrected chi connectivity index (χ4v) is 4.15. The number of nitrogens with zero attached hydrogens (tertiary/aromatic N) is 1. The van der Waals surface area contributed by atoms with Crippen LogP contribution in [0.4, 0.5) is 0 Å². The molecule has 1 fully saturated rings. The number of nitrogens with one attached hydrogen (secondary N) is 1. The highest BCUT2D eigenvalue weighted by Gasteiger charge is 2.48. The maximum Gasteiger partial charge on any atom is 0.113 e. The van der Waals surface area contributed by atoms with Gasteiger partial charge in [-0.25, -0.2) is 4.98 Å². The van der Waals surface area contributed by atoms with Crippen LogP contribution >= 0.6 is 11.3 Å². The SMILES string of the molecule is CCCNC1(c2nc(C(C)(C)C)cs2)CC(C(C)C)C1. The number of rotatable bonds is 5. The van der Waals surface area contributed by atoms with Crippen LogP contribution in [-0.2, 0) is 11.0 Å². The van der Waals surface area contributed by atoms with Crippen molar-refractivity contribution in [2.24, 2.45) is 11.8 Å². The highest BCUT2D eigenvalue weighted by atomic mass is 32.1. The van der Waals surface area contributed by atoms with Gasteiger partial charge in [0.2, 0.25) is 0 Å². The Hall–Kier alpha value is -0.410. The average Bonchev–Trinajstić information content (AvgIpc) is 2.76. The summed E-state index contributed by atoms with van der Waals surface area (Å²) < 4.78 is 0. The molecule has 1 heterocycles. The van der Waals surface area contributed by atoms with Gasteiger partial charge in [0, 0.05) is 10.8 Å². The second-order valence-electron chi connectivity index (χ2n) is 7.71. The van der Waals surface area contributed by atoms with Crippen LogP contribution in [0.2, 0.25) is 0 Å². The van der Waals surface area contributed by atoms with Crippen LogP contribution in [0.15, 0.2) is 5.38 Å². The summed E-state index contributed by atoms with van der Waals surface area (Å²) in [6.45, 7) is 14.8. The summed E-state index contributed by atoms with van der Waals surface area (Å²) in [5, 5.41) is 7.37. The van der Waals surface area contributed by atoms with E-state index >= 15 is 0 Å². The molecule has 0 amide bonds. The molecule has 1 aromatic rings. The third-order valence-electron chi connectivity index (χ3n) is 4.56. The molecular formula is C17H30N2S. The fraction of sp³-hybridized carbons (Fsp3) is 0.824. The van der Waals surface area contributed by atoms with Gasteiger partial charge < -0.3 is 5.32 Å². The second kappa shape index (κ2) is 5.76. The summed E-state index contributed by atoms with van der Waals surface area (Å²) in [4.78, 5) is 4.98. The van der Waals surface area contributed by atoms with Gasteiger partial charge in [-0.2, -0.15) is 0 Å². The van der Waals surface area contributed by atoms with Gasteiger partial charge in [-0.05, 0) is 37.6 Å². The first-order valence-electron chi connectivity index (χ1n) is 8.00. The molecule has 0 aromatic carbocycles. The molecule has 0 spiro atoms. The Morgan fingerprint density at radius 3 is 2.50 bits per heavy atom. The molecule has 1 saturated carbocycles. The third kappa shape index (κ3) is 3.09. The molecule has 0 bridgehead atoms. The summed E-state index contributed by atoms with van der Waals surface area (Å²) >= 11 is 1.85. The molecule has 2 nitrogen and oxygen atoms in total. The van der Waals surface area contributed by atoms with E-state index in [-0.39, 0.29) is 11.0 Å².